The van der Waals surface area contributed by atoms with Gasteiger partial charge in [0, 0.05) is 42.8 Å². The third-order valence-electron chi connectivity index (χ3n) is 6.99. The number of alkyl halides is 4. The van der Waals surface area contributed by atoms with Crippen molar-refractivity contribution in [1.29, 1.82) is 0 Å². The number of carbonyl (C=O) groups is 1. The largest absolute Gasteiger partial charge is 0.357 e. The van der Waals surface area contributed by atoms with Gasteiger partial charge in [-0.3, -0.25) is 9.69 Å². The predicted octanol–water partition coefficient (Wildman–Crippen LogP) is 8.00. The molecule has 0 radical (unpaired) electrons. The van der Waals surface area contributed by atoms with Gasteiger partial charge in [0.05, 0.1) is 18.3 Å². The van der Waals surface area contributed by atoms with Crippen molar-refractivity contribution in [3.05, 3.63) is 71.0 Å². The number of benzene rings is 2. The van der Waals surface area contributed by atoms with Crippen molar-refractivity contribution in [3.8, 4) is 0 Å². The summed E-state index contributed by atoms with van der Waals surface area (Å²) in [6, 6.07) is 13.8. The van der Waals surface area contributed by atoms with Crippen molar-refractivity contribution >= 4 is 28.1 Å². The van der Waals surface area contributed by atoms with E-state index in [-0.39, 0.29) is 2.85 Å². The summed E-state index contributed by atoms with van der Waals surface area (Å²) in [4.78, 5) is 19.1. The highest BCUT2D eigenvalue weighted by atomic mass is 19.3. The van der Waals surface area contributed by atoms with Gasteiger partial charge >= 0.3 is 11.8 Å². The van der Waals surface area contributed by atoms with Gasteiger partial charge in [-0.25, -0.2) is 0 Å². The Morgan fingerprint density at radius 1 is 1.03 bits per heavy atom. The molecule has 2 atom stereocenters. The molecule has 1 aliphatic rings. The standard InChI is InChI=1S/C26H25F4N3O.C2H6.2H2/c1-3-25(27,28)26(29,30)14-33-15(2)10-20-19-6-4-5-7-22(19)32-23(20)24(33)16-8-9-21-17(11-16)12-18(13-34)31-21;1-2;;/h4-9,11-13,15,24,31-32H,3,10,14H2,1-2H3;1-2H3;2*1H/t15-,24-;;;/m1.../s1. The van der Waals surface area contributed by atoms with Crippen LogP contribution in [0.1, 0.15) is 70.3 Å². The van der Waals surface area contributed by atoms with Crippen LogP contribution >= 0.6 is 0 Å². The molecule has 0 unspecified atom stereocenters. The van der Waals surface area contributed by atoms with E-state index in [1.807, 2.05) is 44.2 Å². The molecule has 2 aromatic carbocycles. The molecule has 1 aliphatic heterocycles. The third kappa shape index (κ3) is 4.32. The minimum absolute atomic E-state index is 0. The lowest BCUT2D eigenvalue weighted by Gasteiger charge is -2.43. The number of rotatable bonds is 6. The first kappa shape index (κ1) is 25.9. The van der Waals surface area contributed by atoms with Gasteiger partial charge in [0.2, 0.25) is 0 Å². The maximum Gasteiger partial charge on any atom is 0.322 e. The van der Waals surface area contributed by atoms with Gasteiger partial charge < -0.3 is 9.97 Å². The first-order valence-corrected chi connectivity index (χ1v) is 12.3. The second-order valence-electron chi connectivity index (χ2n) is 9.14. The minimum atomic E-state index is -4.19. The Labute approximate surface area is 210 Å². The van der Waals surface area contributed by atoms with Crippen LogP contribution < -0.4 is 0 Å². The molecule has 0 aliphatic carbocycles. The molecule has 196 valence electrons. The zero-order valence-corrected chi connectivity index (χ0v) is 20.8. The predicted molar refractivity (Wildman–Crippen MR) is 139 cm³/mol. The Morgan fingerprint density at radius 2 is 1.75 bits per heavy atom. The second-order valence-corrected chi connectivity index (χ2v) is 9.14. The number of aromatic nitrogens is 2. The maximum absolute atomic E-state index is 14.9. The fourth-order valence-electron chi connectivity index (χ4n) is 5.12. The first-order chi connectivity index (χ1) is 17.1. The maximum atomic E-state index is 14.9. The number of hydrogen-bond donors (Lipinski definition) is 2. The van der Waals surface area contributed by atoms with E-state index in [1.165, 1.54) is 4.90 Å². The molecule has 2 N–H and O–H groups in total. The van der Waals surface area contributed by atoms with Crippen molar-refractivity contribution in [2.24, 2.45) is 0 Å². The smallest absolute Gasteiger partial charge is 0.322 e. The van der Waals surface area contributed by atoms with Crippen molar-refractivity contribution in [2.45, 2.75) is 64.5 Å². The van der Waals surface area contributed by atoms with Crippen LogP contribution in [0.25, 0.3) is 21.8 Å². The Hall–Kier alpha value is -3.13. The van der Waals surface area contributed by atoms with E-state index in [1.54, 1.807) is 25.1 Å². The molecule has 4 nitrogen and oxygen atoms in total. The highest BCUT2D eigenvalue weighted by Crippen LogP contribution is 2.45. The van der Waals surface area contributed by atoms with Gasteiger partial charge in [0.25, 0.3) is 0 Å². The van der Waals surface area contributed by atoms with Gasteiger partial charge in [-0.15, -0.1) is 0 Å². The number of nitrogens with one attached hydrogen (secondary N) is 2. The quantitative estimate of drug-likeness (QED) is 0.206. The zero-order chi connectivity index (χ0) is 26.3. The number of carbonyl (C=O) groups excluding carboxylic acids is 1. The number of fused-ring (bicyclic) bond motifs is 4. The number of H-pyrrole nitrogens is 2. The molecule has 0 bridgehead atoms. The summed E-state index contributed by atoms with van der Waals surface area (Å²) >= 11 is 0. The van der Waals surface area contributed by atoms with Gasteiger partial charge in [0.15, 0.2) is 6.29 Å². The molecule has 8 heteroatoms. The van der Waals surface area contributed by atoms with Crippen LogP contribution in [-0.2, 0) is 6.42 Å². The number of aromatic amines is 2. The van der Waals surface area contributed by atoms with E-state index in [9.17, 15) is 22.4 Å². The molecule has 0 fully saturated rings. The molecule has 4 aromatic rings. The van der Waals surface area contributed by atoms with E-state index in [0.29, 0.717) is 24.0 Å². The van der Waals surface area contributed by atoms with Crippen LogP contribution in [0.4, 0.5) is 17.6 Å². The lowest BCUT2D eigenvalue weighted by Crippen LogP contribution is -2.54. The molecule has 0 saturated heterocycles. The summed E-state index contributed by atoms with van der Waals surface area (Å²) in [5.74, 6) is -8.30. The molecule has 0 saturated carbocycles. The molecular weight excluding hydrogens is 470 g/mol. The van der Waals surface area contributed by atoms with Crippen LogP contribution in [0.3, 0.4) is 0 Å². The van der Waals surface area contributed by atoms with Gasteiger partial charge in [-0.2, -0.15) is 17.6 Å². The molecule has 3 heterocycles. The monoisotopic (exact) mass is 505 g/mol. The zero-order valence-electron chi connectivity index (χ0n) is 20.8. The SMILES string of the molecule is CC.CCC(F)(F)C(F)(F)CN1[C@H](c2ccc3[nH]c(C=O)cc3c2)c2[nH]c3ccccc3c2C[C@H]1C.[HH].[HH]. The molecule has 2 aromatic heterocycles. The Bertz CT molecular complexity index is 1390. The van der Waals surface area contributed by atoms with E-state index in [2.05, 4.69) is 9.97 Å². The molecule has 5 rings (SSSR count). The van der Waals surface area contributed by atoms with Crippen LogP contribution in [0.2, 0.25) is 0 Å². The van der Waals surface area contributed by atoms with Crippen LogP contribution in [0.15, 0.2) is 48.5 Å². The van der Waals surface area contributed by atoms with Crippen molar-refractivity contribution in [2.75, 3.05) is 6.54 Å². The lowest BCUT2D eigenvalue weighted by molar-refractivity contribution is -0.222. The summed E-state index contributed by atoms with van der Waals surface area (Å²) in [5, 5.41) is 1.76. The molecule has 0 spiro atoms. The summed E-state index contributed by atoms with van der Waals surface area (Å²) in [5.41, 5.74) is 4.46. The lowest BCUT2D eigenvalue weighted by atomic mass is 9.87. The average molecular weight is 506 g/mol. The Kier molecular flexibility index (Phi) is 7.01. The number of nitrogens with zero attached hydrogens (tertiary/aromatic N) is 1. The van der Waals surface area contributed by atoms with Crippen LogP contribution in [0.5, 0.6) is 0 Å². The van der Waals surface area contributed by atoms with Gasteiger partial charge in [-0.1, -0.05) is 45.0 Å². The van der Waals surface area contributed by atoms with Gasteiger partial charge in [0.1, 0.15) is 0 Å². The van der Waals surface area contributed by atoms with E-state index in [4.69, 9.17) is 0 Å². The Morgan fingerprint density at radius 3 is 2.44 bits per heavy atom. The summed E-state index contributed by atoms with van der Waals surface area (Å²) in [7, 11) is 0. The minimum Gasteiger partial charge on any atom is -0.357 e. The molecular formula is C28H35F4N3O. The number of halogens is 4. The van der Waals surface area contributed by atoms with Crippen molar-refractivity contribution in [3.63, 3.8) is 0 Å². The number of para-hydroxylation sites is 1. The van der Waals surface area contributed by atoms with Crippen molar-refractivity contribution in [1.82, 2.24) is 14.9 Å². The van der Waals surface area contributed by atoms with E-state index < -0.39 is 36.9 Å². The summed E-state index contributed by atoms with van der Waals surface area (Å²) < 4.78 is 58.2. The highest BCUT2D eigenvalue weighted by molar-refractivity contribution is 5.89. The number of hydrogen-bond acceptors (Lipinski definition) is 2. The van der Waals surface area contributed by atoms with Crippen molar-refractivity contribution < 1.29 is 25.2 Å². The molecule has 0 amide bonds. The summed E-state index contributed by atoms with van der Waals surface area (Å²) in [6.07, 6.45) is 0.234. The van der Waals surface area contributed by atoms with Crippen LogP contribution in [0, 0.1) is 0 Å². The van der Waals surface area contributed by atoms with E-state index in [0.717, 1.165) is 40.0 Å². The number of aldehydes is 1. The first-order valence-electron chi connectivity index (χ1n) is 12.3. The Balaban J connectivity index is 0.00000124. The third-order valence-corrected chi connectivity index (χ3v) is 6.99. The van der Waals surface area contributed by atoms with Crippen LogP contribution in [-0.4, -0.2) is 45.6 Å². The topological polar surface area (TPSA) is 51.9 Å². The molecule has 36 heavy (non-hydrogen) atoms. The summed E-state index contributed by atoms with van der Waals surface area (Å²) in [6.45, 7) is 5.81. The second kappa shape index (κ2) is 9.73. The fourth-order valence-corrected chi connectivity index (χ4v) is 5.12. The average Bonchev–Trinajstić information content (AvgIpc) is 3.46. The normalized spacial score (nSPS) is 18.7. The fraction of sp³-hybridized carbons (Fsp3) is 0.393. The highest BCUT2D eigenvalue weighted by Gasteiger charge is 2.56. The van der Waals surface area contributed by atoms with Gasteiger partial charge in [-0.05, 0) is 48.7 Å². The van der Waals surface area contributed by atoms with E-state index >= 15 is 0 Å².